The number of thioether (sulfide) groups is 1. The average Bonchev–Trinajstić information content (AvgIpc) is 3.52. The fraction of sp³-hybridized carbons (Fsp3) is 0.138. The van der Waals surface area contributed by atoms with Crippen LogP contribution >= 0.6 is 11.8 Å². The van der Waals surface area contributed by atoms with Crippen LogP contribution in [0.3, 0.4) is 0 Å². The SMILES string of the molecule is Cc1cccc(C)c1N1C(=O)CSC1=NN=Cc1cnc2c(ccc3c2ncn3-c2ccc(OC(F)(F)F)cc2)c1. The average molecular weight is 575 g/mol. The number of halogens is 3. The van der Waals surface area contributed by atoms with Crippen LogP contribution in [-0.4, -0.2) is 43.9 Å². The lowest BCUT2D eigenvalue weighted by Crippen LogP contribution is -2.30. The molecule has 0 radical (unpaired) electrons. The monoisotopic (exact) mass is 574 g/mol. The number of aryl methyl sites for hydroxylation is 2. The van der Waals surface area contributed by atoms with Gasteiger partial charge in [0.15, 0.2) is 5.17 Å². The minimum absolute atomic E-state index is 0.0391. The number of para-hydroxylation sites is 1. The van der Waals surface area contributed by atoms with Crippen molar-refractivity contribution >= 4 is 56.7 Å². The Bertz CT molecular complexity index is 1840. The van der Waals surface area contributed by atoms with Gasteiger partial charge in [0, 0.05) is 22.8 Å². The molecule has 1 aliphatic heterocycles. The van der Waals surface area contributed by atoms with Crippen molar-refractivity contribution in [2.24, 2.45) is 10.2 Å². The first-order valence-electron chi connectivity index (χ1n) is 12.4. The molecule has 3 aromatic carbocycles. The number of imidazole rings is 1. The molecule has 0 aliphatic carbocycles. The highest BCUT2D eigenvalue weighted by atomic mass is 32.2. The Morgan fingerprint density at radius 3 is 2.49 bits per heavy atom. The van der Waals surface area contributed by atoms with Crippen LogP contribution in [0.25, 0.3) is 27.6 Å². The number of aromatic nitrogens is 3. The number of hydrogen-bond donors (Lipinski definition) is 0. The summed E-state index contributed by atoms with van der Waals surface area (Å²) in [5.74, 6) is -0.0376. The highest BCUT2D eigenvalue weighted by Crippen LogP contribution is 2.32. The van der Waals surface area contributed by atoms with Crippen LogP contribution in [0.15, 0.2) is 83.4 Å². The molecule has 206 valence electrons. The molecule has 0 bridgehead atoms. The number of benzene rings is 3. The van der Waals surface area contributed by atoms with Crippen molar-refractivity contribution in [3.05, 3.63) is 89.9 Å². The summed E-state index contributed by atoms with van der Waals surface area (Å²) in [5.41, 5.74) is 6.20. The van der Waals surface area contributed by atoms with E-state index in [2.05, 4.69) is 24.9 Å². The predicted octanol–water partition coefficient (Wildman–Crippen LogP) is 6.56. The second-order valence-corrected chi connectivity index (χ2v) is 10.3. The molecule has 12 heteroatoms. The van der Waals surface area contributed by atoms with Crippen LogP contribution in [0.5, 0.6) is 5.75 Å². The van der Waals surface area contributed by atoms with Crippen LogP contribution < -0.4 is 9.64 Å². The number of anilines is 1. The van der Waals surface area contributed by atoms with E-state index in [1.165, 1.54) is 36.0 Å². The summed E-state index contributed by atoms with van der Waals surface area (Å²) in [6.45, 7) is 3.92. The third kappa shape index (κ3) is 5.25. The summed E-state index contributed by atoms with van der Waals surface area (Å²) in [5, 5.41) is 9.93. The summed E-state index contributed by atoms with van der Waals surface area (Å²) < 4.78 is 43.2. The number of pyridine rings is 1. The van der Waals surface area contributed by atoms with Crippen LogP contribution in [0.4, 0.5) is 18.9 Å². The lowest BCUT2D eigenvalue weighted by atomic mass is 10.1. The lowest BCUT2D eigenvalue weighted by molar-refractivity contribution is -0.274. The zero-order chi connectivity index (χ0) is 28.7. The molecule has 1 amide bonds. The van der Waals surface area contributed by atoms with Gasteiger partial charge >= 0.3 is 6.36 Å². The maximum atomic E-state index is 12.6. The predicted molar refractivity (Wildman–Crippen MR) is 154 cm³/mol. The van der Waals surface area contributed by atoms with Crippen LogP contribution in [0, 0.1) is 13.8 Å². The van der Waals surface area contributed by atoms with Crippen molar-refractivity contribution in [1.29, 1.82) is 0 Å². The van der Waals surface area contributed by atoms with Gasteiger partial charge in [-0.2, -0.15) is 5.10 Å². The molecule has 6 rings (SSSR count). The summed E-state index contributed by atoms with van der Waals surface area (Å²) in [6, 6.07) is 17.1. The Morgan fingerprint density at radius 1 is 1.00 bits per heavy atom. The van der Waals surface area contributed by atoms with Gasteiger partial charge in [-0.15, -0.1) is 18.3 Å². The lowest BCUT2D eigenvalue weighted by Gasteiger charge is -2.20. The van der Waals surface area contributed by atoms with Crippen molar-refractivity contribution < 1.29 is 22.7 Å². The molecule has 0 saturated carbocycles. The van der Waals surface area contributed by atoms with Gasteiger partial charge in [-0.1, -0.05) is 36.0 Å². The standard InChI is InChI=1S/C29H21F3N6O2S/c1-17-4-3-5-18(2)27(17)38-24(39)15-41-28(38)36-35-14-19-12-20-6-11-23-26(25(20)33-13-19)34-16-37(23)21-7-9-22(10-8-21)40-29(30,31)32/h3-14,16H,15H2,1-2H3. The molecule has 0 unspecified atom stereocenters. The second-order valence-electron chi connectivity index (χ2n) is 9.32. The van der Waals surface area contributed by atoms with E-state index in [9.17, 15) is 18.0 Å². The molecular formula is C29H21F3N6O2S. The van der Waals surface area contributed by atoms with Crippen molar-refractivity contribution in [2.75, 3.05) is 10.7 Å². The fourth-order valence-electron chi connectivity index (χ4n) is 4.74. The number of hydrogen-bond acceptors (Lipinski definition) is 7. The summed E-state index contributed by atoms with van der Waals surface area (Å²) in [4.78, 5) is 23.4. The van der Waals surface area contributed by atoms with Crippen molar-refractivity contribution in [3.63, 3.8) is 0 Å². The molecule has 2 aromatic heterocycles. The molecule has 8 nitrogen and oxygen atoms in total. The Kier molecular flexibility index (Phi) is 6.70. The number of nitrogens with zero attached hydrogens (tertiary/aromatic N) is 6. The topological polar surface area (TPSA) is 85.0 Å². The second kappa shape index (κ2) is 10.4. The zero-order valence-electron chi connectivity index (χ0n) is 21.8. The molecule has 0 N–H and O–H groups in total. The summed E-state index contributed by atoms with van der Waals surface area (Å²) >= 11 is 1.34. The Labute approximate surface area is 236 Å². The number of carbonyl (C=O) groups is 1. The Hall–Kier alpha value is -4.71. The zero-order valence-corrected chi connectivity index (χ0v) is 22.6. The number of carbonyl (C=O) groups excluding carboxylic acids is 1. The van der Waals surface area contributed by atoms with Gasteiger partial charge in [0.1, 0.15) is 17.6 Å². The first-order valence-corrected chi connectivity index (χ1v) is 13.4. The van der Waals surface area contributed by atoms with Gasteiger partial charge in [0.05, 0.1) is 28.7 Å². The van der Waals surface area contributed by atoms with E-state index in [4.69, 9.17) is 0 Å². The van der Waals surface area contributed by atoms with Crippen LogP contribution in [-0.2, 0) is 4.79 Å². The van der Waals surface area contributed by atoms with E-state index in [1.807, 2.05) is 50.2 Å². The number of alkyl halides is 3. The van der Waals surface area contributed by atoms with Crippen LogP contribution in [0.2, 0.25) is 0 Å². The molecular weight excluding hydrogens is 553 g/mol. The molecule has 41 heavy (non-hydrogen) atoms. The maximum Gasteiger partial charge on any atom is 0.573 e. The van der Waals surface area contributed by atoms with Crippen molar-refractivity contribution in [3.8, 4) is 11.4 Å². The Morgan fingerprint density at radius 2 is 1.76 bits per heavy atom. The molecule has 1 aliphatic rings. The van der Waals surface area contributed by atoms with Gasteiger partial charge in [-0.3, -0.25) is 19.2 Å². The quantitative estimate of drug-likeness (QED) is 0.175. The van der Waals surface area contributed by atoms with E-state index < -0.39 is 6.36 Å². The van der Waals surface area contributed by atoms with Gasteiger partial charge in [-0.25, -0.2) is 4.98 Å². The maximum absolute atomic E-state index is 12.6. The van der Waals surface area contributed by atoms with E-state index in [1.54, 1.807) is 28.2 Å². The van der Waals surface area contributed by atoms with E-state index >= 15 is 0 Å². The minimum atomic E-state index is -4.75. The van der Waals surface area contributed by atoms with E-state index in [0.29, 0.717) is 33.2 Å². The highest BCUT2D eigenvalue weighted by Gasteiger charge is 2.32. The number of fused-ring (bicyclic) bond motifs is 3. The van der Waals surface area contributed by atoms with E-state index in [-0.39, 0.29) is 11.7 Å². The smallest absolute Gasteiger partial charge is 0.406 e. The normalized spacial score (nSPS) is 15.2. The van der Waals surface area contributed by atoms with Gasteiger partial charge in [0.2, 0.25) is 5.91 Å². The molecule has 3 heterocycles. The first-order chi connectivity index (χ1) is 19.7. The number of ether oxygens (including phenoxy) is 1. The number of amides is 1. The van der Waals surface area contributed by atoms with Gasteiger partial charge in [-0.05, 0) is 61.4 Å². The van der Waals surface area contributed by atoms with Crippen LogP contribution in [0.1, 0.15) is 16.7 Å². The number of rotatable bonds is 5. The minimum Gasteiger partial charge on any atom is -0.406 e. The van der Waals surface area contributed by atoms with E-state index in [0.717, 1.165) is 27.7 Å². The summed E-state index contributed by atoms with van der Waals surface area (Å²) in [7, 11) is 0. The van der Waals surface area contributed by atoms with Crippen molar-refractivity contribution in [1.82, 2.24) is 14.5 Å². The fourth-order valence-corrected chi connectivity index (χ4v) is 5.54. The third-order valence-corrected chi connectivity index (χ3v) is 7.43. The summed E-state index contributed by atoms with van der Waals surface area (Å²) in [6.07, 6.45) is 0.0853. The van der Waals surface area contributed by atoms with Gasteiger partial charge < -0.3 is 4.74 Å². The highest BCUT2D eigenvalue weighted by molar-refractivity contribution is 8.15. The largest absolute Gasteiger partial charge is 0.573 e. The van der Waals surface area contributed by atoms with Crippen molar-refractivity contribution in [2.45, 2.75) is 20.2 Å². The molecule has 1 saturated heterocycles. The molecule has 1 fully saturated rings. The first kappa shape index (κ1) is 26.5. The Balaban J connectivity index is 1.26. The van der Waals surface area contributed by atoms with Gasteiger partial charge in [0.25, 0.3) is 0 Å². The third-order valence-electron chi connectivity index (χ3n) is 6.51. The molecule has 0 spiro atoms. The number of amidine groups is 1. The molecule has 0 atom stereocenters. The molecule has 5 aromatic rings.